The first kappa shape index (κ1) is 25.7. The molecule has 0 fully saturated rings. The van der Waals surface area contributed by atoms with Gasteiger partial charge in [0.05, 0.1) is 44.2 Å². The minimum absolute atomic E-state index is 0.0852. The van der Waals surface area contributed by atoms with Crippen molar-refractivity contribution < 1.29 is 33.0 Å². The molecule has 2 aromatic carbocycles. The molecule has 0 aliphatic carbocycles. The summed E-state index contributed by atoms with van der Waals surface area (Å²) in [5, 5.41) is 5.28. The van der Waals surface area contributed by atoms with Crippen LogP contribution in [-0.2, 0) is 14.3 Å². The van der Waals surface area contributed by atoms with Crippen molar-refractivity contribution in [3.05, 3.63) is 76.7 Å². The predicted molar refractivity (Wildman–Crippen MR) is 125 cm³/mol. The second-order valence-electron chi connectivity index (χ2n) is 7.65. The first-order valence-electron chi connectivity index (χ1n) is 11.0. The first-order chi connectivity index (χ1) is 16.9. The Balaban J connectivity index is 2.03. The van der Waals surface area contributed by atoms with Crippen LogP contribution in [-0.4, -0.2) is 63.3 Å². The van der Waals surface area contributed by atoms with Crippen LogP contribution in [0.15, 0.2) is 59.8 Å². The van der Waals surface area contributed by atoms with E-state index in [1.54, 1.807) is 37.3 Å². The number of benzene rings is 2. The summed E-state index contributed by atoms with van der Waals surface area (Å²) >= 11 is 0. The van der Waals surface area contributed by atoms with E-state index in [1.165, 1.54) is 37.3 Å². The van der Waals surface area contributed by atoms with E-state index >= 15 is 0 Å². The number of nitrogens with zero attached hydrogens (tertiary/aromatic N) is 1. The summed E-state index contributed by atoms with van der Waals surface area (Å²) in [6.45, 7) is 2.06. The molecule has 2 aromatic rings. The SMILES string of the molecule is CCOC(=O)C1=C(CN(CCOC)C(=O)c2ccc(OC)cc2)NC(=O)NC1c1cccc(F)c1. The highest BCUT2D eigenvalue weighted by Gasteiger charge is 2.35. The van der Waals surface area contributed by atoms with Crippen LogP contribution in [0.3, 0.4) is 0 Å². The lowest BCUT2D eigenvalue weighted by Crippen LogP contribution is -2.49. The zero-order valence-corrected chi connectivity index (χ0v) is 19.8. The Morgan fingerprint density at radius 1 is 1.11 bits per heavy atom. The van der Waals surface area contributed by atoms with Crippen LogP contribution in [0, 0.1) is 5.82 Å². The van der Waals surface area contributed by atoms with Gasteiger partial charge in [0.25, 0.3) is 5.91 Å². The van der Waals surface area contributed by atoms with Gasteiger partial charge in [0, 0.05) is 19.2 Å². The predicted octanol–water partition coefficient (Wildman–Crippen LogP) is 2.79. The van der Waals surface area contributed by atoms with E-state index in [0.29, 0.717) is 16.9 Å². The van der Waals surface area contributed by atoms with Gasteiger partial charge in [-0.05, 0) is 48.9 Å². The van der Waals surface area contributed by atoms with Crippen LogP contribution >= 0.6 is 0 Å². The second kappa shape index (κ2) is 12.0. The van der Waals surface area contributed by atoms with Crippen molar-refractivity contribution in [2.45, 2.75) is 13.0 Å². The number of hydrogen-bond donors (Lipinski definition) is 2. The fraction of sp³-hybridized carbons (Fsp3) is 0.320. The van der Waals surface area contributed by atoms with Crippen molar-refractivity contribution in [3.63, 3.8) is 0 Å². The molecule has 0 spiro atoms. The van der Waals surface area contributed by atoms with Gasteiger partial charge in [0.2, 0.25) is 0 Å². The number of rotatable bonds is 10. The van der Waals surface area contributed by atoms with E-state index in [9.17, 15) is 18.8 Å². The Bertz CT molecular complexity index is 1100. The summed E-state index contributed by atoms with van der Waals surface area (Å²) in [6, 6.07) is 10.6. The van der Waals surface area contributed by atoms with Gasteiger partial charge in [-0.3, -0.25) is 4.79 Å². The molecule has 9 nitrogen and oxygen atoms in total. The lowest BCUT2D eigenvalue weighted by atomic mass is 9.94. The van der Waals surface area contributed by atoms with Crippen LogP contribution < -0.4 is 15.4 Å². The van der Waals surface area contributed by atoms with E-state index in [-0.39, 0.29) is 43.5 Å². The van der Waals surface area contributed by atoms with Crippen molar-refractivity contribution in [2.24, 2.45) is 0 Å². The molecule has 0 bridgehead atoms. The topological polar surface area (TPSA) is 106 Å². The number of ether oxygens (including phenoxy) is 3. The summed E-state index contributed by atoms with van der Waals surface area (Å²) in [4.78, 5) is 40.3. The fourth-order valence-corrected chi connectivity index (χ4v) is 3.69. The van der Waals surface area contributed by atoms with E-state index in [0.717, 1.165) is 0 Å². The van der Waals surface area contributed by atoms with E-state index < -0.39 is 23.9 Å². The Hall–Kier alpha value is -3.92. The minimum atomic E-state index is -0.964. The van der Waals surface area contributed by atoms with Gasteiger partial charge in [-0.25, -0.2) is 14.0 Å². The molecule has 1 atom stereocenters. The third kappa shape index (κ3) is 6.36. The van der Waals surface area contributed by atoms with Gasteiger partial charge in [-0.1, -0.05) is 12.1 Å². The summed E-state index contributed by atoms with van der Waals surface area (Å²) in [5.41, 5.74) is 1.02. The van der Waals surface area contributed by atoms with Crippen molar-refractivity contribution >= 4 is 17.9 Å². The van der Waals surface area contributed by atoms with E-state index in [2.05, 4.69) is 10.6 Å². The molecule has 10 heteroatoms. The summed E-state index contributed by atoms with van der Waals surface area (Å²) in [6.07, 6.45) is 0. The molecule has 2 N–H and O–H groups in total. The molecule has 1 heterocycles. The van der Waals surface area contributed by atoms with Gasteiger partial charge in [0.1, 0.15) is 11.6 Å². The number of esters is 1. The minimum Gasteiger partial charge on any atom is -0.497 e. The van der Waals surface area contributed by atoms with Crippen LogP contribution in [0.25, 0.3) is 0 Å². The highest BCUT2D eigenvalue weighted by atomic mass is 19.1. The Kier molecular flexibility index (Phi) is 8.80. The van der Waals surface area contributed by atoms with Gasteiger partial charge < -0.3 is 29.7 Å². The number of halogens is 1. The van der Waals surface area contributed by atoms with Gasteiger partial charge in [-0.15, -0.1) is 0 Å². The molecule has 1 aliphatic rings. The monoisotopic (exact) mass is 485 g/mol. The molecule has 3 amide bonds. The molecule has 3 rings (SSSR count). The third-order valence-electron chi connectivity index (χ3n) is 5.37. The van der Waals surface area contributed by atoms with Crippen molar-refractivity contribution in [1.82, 2.24) is 15.5 Å². The second-order valence-corrected chi connectivity index (χ2v) is 7.65. The maximum atomic E-state index is 14.0. The summed E-state index contributed by atoms with van der Waals surface area (Å²) < 4.78 is 29.5. The zero-order valence-electron chi connectivity index (χ0n) is 19.8. The first-order valence-corrected chi connectivity index (χ1v) is 11.0. The quantitative estimate of drug-likeness (QED) is 0.502. The number of amides is 3. The van der Waals surface area contributed by atoms with E-state index in [1.807, 2.05) is 0 Å². The third-order valence-corrected chi connectivity index (χ3v) is 5.37. The molecule has 186 valence electrons. The lowest BCUT2D eigenvalue weighted by Gasteiger charge is -2.32. The van der Waals surface area contributed by atoms with Crippen LogP contribution in [0.1, 0.15) is 28.9 Å². The fourth-order valence-electron chi connectivity index (χ4n) is 3.69. The van der Waals surface area contributed by atoms with Crippen LogP contribution in [0.5, 0.6) is 5.75 Å². The van der Waals surface area contributed by atoms with Crippen LogP contribution in [0.2, 0.25) is 0 Å². The maximum absolute atomic E-state index is 14.0. The maximum Gasteiger partial charge on any atom is 0.338 e. The van der Waals surface area contributed by atoms with E-state index in [4.69, 9.17) is 14.2 Å². The molecular weight excluding hydrogens is 457 g/mol. The molecule has 35 heavy (non-hydrogen) atoms. The smallest absolute Gasteiger partial charge is 0.338 e. The van der Waals surface area contributed by atoms with Crippen LogP contribution in [0.4, 0.5) is 9.18 Å². The van der Waals surface area contributed by atoms with Crippen molar-refractivity contribution in [1.29, 1.82) is 0 Å². The average molecular weight is 486 g/mol. The van der Waals surface area contributed by atoms with Gasteiger partial charge >= 0.3 is 12.0 Å². The number of methoxy groups -OCH3 is 2. The van der Waals surface area contributed by atoms with Gasteiger partial charge in [-0.2, -0.15) is 0 Å². The molecule has 0 saturated carbocycles. The molecule has 0 aromatic heterocycles. The normalized spacial score (nSPS) is 15.2. The molecule has 1 unspecified atom stereocenters. The number of carbonyl (C=O) groups is 3. The Morgan fingerprint density at radius 3 is 2.49 bits per heavy atom. The molecule has 0 radical (unpaired) electrons. The molecule has 0 saturated heterocycles. The van der Waals surface area contributed by atoms with Gasteiger partial charge in [0.15, 0.2) is 0 Å². The average Bonchev–Trinajstić information content (AvgIpc) is 2.86. The standard InChI is InChI=1S/C25H28FN3O6/c1-4-35-24(31)21-20(27-25(32)28-22(21)17-6-5-7-18(26)14-17)15-29(12-13-33-2)23(30)16-8-10-19(34-3)11-9-16/h5-11,14,22H,4,12-13,15H2,1-3H3,(H2,27,28,32). The number of hydrogen-bond acceptors (Lipinski definition) is 6. The number of nitrogens with one attached hydrogen (secondary N) is 2. The Morgan fingerprint density at radius 2 is 1.86 bits per heavy atom. The highest BCUT2D eigenvalue weighted by Crippen LogP contribution is 2.29. The summed E-state index contributed by atoms with van der Waals surface area (Å²) in [7, 11) is 3.03. The van der Waals surface area contributed by atoms with Crippen molar-refractivity contribution in [2.75, 3.05) is 40.5 Å². The number of carbonyl (C=O) groups excluding carboxylic acids is 3. The van der Waals surface area contributed by atoms with Crippen molar-refractivity contribution in [3.8, 4) is 5.75 Å². The molecular formula is C25H28FN3O6. The lowest BCUT2D eigenvalue weighted by molar-refractivity contribution is -0.139. The zero-order chi connectivity index (χ0) is 25.4. The highest BCUT2D eigenvalue weighted by molar-refractivity contribution is 5.97. The number of urea groups is 1. The largest absolute Gasteiger partial charge is 0.497 e. The Labute approximate surface area is 202 Å². The summed E-state index contributed by atoms with van der Waals surface area (Å²) in [5.74, 6) is -0.944. The molecule has 1 aliphatic heterocycles.